The number of aromatic amines is 2. The molecule has 2 aromatic heterocycles. The molecule has 0 atom stereocenters. The van der Waals surface area contributed by atoms with Crippen LogP contribution in [0.1, 0.15) is 51.8 Å². The zero-order valence-electron chi connectivity index (χ0n) is 22.0. The van der Waals surface area contributed by atoms with Crippen LogP contribution in [-0.4, -0.2) is 15.0 Å². The van der Waals surface area contributed by atoms with Gasteiger partial charge in [0.05, 0.1) is 30.3 Å². The molecule has 2 N–H and O–H groups in total. The maximum atomic E-state index is 6.24. The molecule has 37 heavy (non-hydrogen) atoms. The van der Waals surface area contributed by atoms with E-state index in [2.05, 4.69) is 83.6 Å². The first-order valence-corrected chi connectivity index (χ1v) is 12.9. The van der Waals surface area contributed by atoms with Gasteiger partial charge in [0.2, 0.25) is 0 Å². The Bertz CT molecular complexity index is 1460. The summed E-state index contributed by atoms with van der Waals surface area (Å²) in [5.41, 5.74) is 5.62. The molecule has 0 amide bonds. The van der Waals surface area contributed by atoms with Gasteiger partial charge >= 0.3 is 0 Å². The van der Waals surface area contributed by atoms with Gasteiger partial charge in [0.1, 0.15) is 23.9 Å². The average molecular weight is 496 g/mol. The van der Waals surface area contributed by atoms with E-state index in [1.807, 2.05) is 30.3 Å². The van der Waals surface area contributed by atoms with Gasteiger partial charge in [-0.3, -0.25) is 0 Å². The predicted octanol–water partition coefficient (Wildman–Crippen LogP) is 7.31. The smallest absolute Gasteiger partial charge is 0.287 e. The number of aromatic nitrogens is 4. The Labute approximate surface area is 218 Å². The second-order valence-corrected chi connectivity index (χ2v) is 10.4. The van der Waals surface area contributed by atoms with Crippen LogP contribution >= 0.6 is 0 Å². The number of hydrogen-bond acceptors (Lipinski definition) is 3. The van der Waals surface area contributed by atoms with E-state index >= 15 is 0 Å². The highest BCUT2D eigenvalue weighted by Gasteiger charge is 2.21. The van der Waals surface area contributed by atoms with Gasteiger partial charge in [-0.25, -0.2) is 14.5 Å². The van der Waals surface area contributed by atoms with Gasteiger partial charge in [0.15, 0.2) is 11.0 Å². The fraction of sp³-hybridized carbons (Fsp3) is 0.290. The van der Waals surface area contributed by atoms with Crippen LogP contribution in [0.25, 0.3) is 22.4 Å². The highest BCUT2D eigenvalue weighted by Crippen LogP contribution is 2.30. The second-order valence-electron chi connectivity index (χ2n) is 10.4. The lowest BCUT2D eigenvalue weighted by atomic mass is 9.87. The van der Waals surface area contributed by atoms with Crippen molar-refractivity contribution in [2.24, 2.45) is 0 Å². The van der Waals surface area contributed by atoms with Crippen molar-refractivity contribution in [1.82, 2.24) is 15.0 Å². The molecular weight excluding hydrogens is 460 g/mol. The molecule has 0 spiro atoms. The van der Waals surface area contributed by atoms with Gasteiger partial charge in [-0.1, -0.05) is 52.3 Å². The molecule has 0 radical (unpaired) electrons. The summed E-state index contributed by atoms with van der Waals surface area (Å²) in [6, 6.07) is 22.9. The quantitative estimate of drug-likeness (QED) is 0.211. The molecule has 0 fully saturated rings. The molecular formula is C31H35N4O2+. The summed E-state index contributed by atoms with van der Waals surface area (Å²) in [5.74, 6) is 3.51. The number of nitrogens with zero attached hydrogens (tertiary/aromatic N) is 2. The molecule has 0 aliphatic heterocycles. The summed E-state index contributed by atoms with van der Waals surface area (Å²) >= 11 is 0. The zero-order valence-corrected chi connectivity index (χ0v) is 22.0. The number of hydrogen-bond donors (Lipinski definition) is 2. The fourth-order valence-corrected chi connectivity index (χ4v) is 4.42. The monoisotopic (exact) mass is 495 g/mol. The van der Waals surface area contributed by atoms with E-state index in [-0.39, 0.29) is 5.41 Å². The van der Waals surface area contributed by atoms with Gasteiger partial charge in [0.25, 0.3) is 5.82 Å². The molecule has 0 bridgehead atoms. The first kappa shape index (κ1) is 24.6. The fourth-order valence-electron chi connectivity index (χ4n) is 4.42. The third-order valence-corrected chi connectivity index (χ3v) is 6.53. The van der Waals surface area contributed by atoms with E-state index < -0.39 is 0 Å². The molecule has 6 heteroatoms. The molecule has 0 unspecified atom stereocenters. The number of rotatable bonds is 9. The maximum Gasteiger partial charge on any atom is 0.287 e. The van der Waals surface area contributed by atoms with Crippen LogP contribution in [0.4, 0.5) is 0 Å². The van der Waals surface area contributed by atoms with E-state index in [0.717, 1.165) is 64.8 Å². The highest BCUT2D eigenvalue weighted by atomic mass is 16.5. The zero-order chi connectivity index (χ0) is 25.8. The summed E-state index contributed by atoms with van der Waals surface area (Å²) in [7, 11) is 0. The number of imidazole rings is 2. The number of ether oxygens (including phenoxy) is 2. The topological polar surface area (TPSA) is 66.8 Å². The lowest BCUT2D eigenvalue weighted by Crippen LogP contribution is -2.34. The van der Waals surface area contributed by atoms with Crippen LogP contribution < -0.4 is 14.0 Å². The molecule has 190 valence electrons. The lowest BCUT2D eigenvalue weighted by Gasteiger charge is -2.19. The first-order valence-electron chi connectivity index (χ1n) is 12.9. The van der Waals surface area contributed by atoms with Crippen LogP contribution in [0.3, 0.4) is 0 Å². The molecule has 0 saturated heterocycles. The third kappa shape index (κ3) is 5.69. The van der Waals surface area contributed by atoms with Crippen molar-refractivity contribution in [1.29, 1.82) is 0 Å². The van der Waals surface area contributed by atoms with Gasteiger partial charge in [-0.05, 0) is 59.9 Å². The van der Waals surface area contributed by atoms with Crippen molar-refractivity contribution in [3.05, 3.63) is 90.5 Å². The standard InChI is InChI=1S/C31H34N4O2/c1-5-6-16-35-29-15-14-26(36-20-24-19-32-21-33-24)18-28(29)34-30(35)22-8-7-9-27(17-22)37-25-12-10-23(11-13-25)31(2,3)4/h7-15,17-19,21H,5-6,16,20H2,1-4H3,(H,32,33)/p+1. The lowest BCUT2D eigenvalue weighted by molar-refractivity contribution is -0.660. The van der Waals surface area contributed by atoms with Crippen molar-refractivity contribution in [3.8, 4) is 28.6 Å². The Morgan fingerprint density at radius 1 is 0.919 bits per heavy atom. The van der Waals surface area contributed by atoms with E-state index in [4.69, 9.17) is 9.47 Å². The van der Waals surface area contributed by atoms with Crippen molar-refractivity contribution < 1.29 is 14.0 Å². The Hall–Kier alpha value is -4.06. The van der Waals surface area contributed by atoms with Gasteiger partial charge in [-0.15, -0.1) is 0 Å². The SMILES string of the molecule is CCCC[n+]1c(-c2cccc(Oc3ccc(C(C)(C)C)cc3)c2)[nH]c2cc(OCc3cnc[nH]3)ccc21. The minimum absolute atomic E-state index is 0.115. The number of H-pyrrole nitrogens is 2. The molecule has 0 aliphatic carbocycles. The largest absolute Gasteiger partial charge is 0.487 e. The summed E-state index contributed by atoms with van der Waals surface area (Å²) in [6.45, 7) is 10.2. The third-order valence-electron chi connectivity index (χ3n) is 6.53. The number of benzene rings is 3. The van der Waals surface area contributed by atoms with Crippen molar-refractivity contribution in [3.63, 3.8) is 0 Å². The van der Waals surface area contributed by atoms with Crippen LogP contribution in [-0.2, 0) is 18.6 Å². The summed E-state index contributed by atoms with van der Waals surface area (Å²) in [4.78, 5) is 10.8. The summed E-state index contributed by atoms with van der Waals surface area (Å²) < 4.78 is 14.6. The van der Waals surface area contributed by atoms with Crippen LogP contribution in [0.5, 0.6) is 17.2 Å². The number of nitrogens with one attached hydrogen (secondary N) is 2. The van der Waals surface area contributed by atoms with Crippen molar-refractivity contribution >= 4 is 11.0 Å². The highest BCUT2D eigenvalue weighted by molar-refractivity contribution is 5.76. The number of unbranched alkanes of at least 4 members (excludes halogenated alkanes) is 1. The maximum absolute atomic E-state index is 6.24. The average Bonchev–Trinajstić information content (AvgIpc) is 3.54. The van der Waals surface area contributed by atoms with E-state index in [9.17, 15) is 0 Å². The molecule has 0 saturated carbocycles. The molecule has 5 rings (SSSR count). The Morgan fingerprint density at radius 2 is 1.73 bits per heavy atom. The minimum Gasteiger partial charge on any atom is -0.487 e. The number of aryl methyl sites for hydroxylation is 1. The van der Waals surface area contributed by atoms with Crippen LogP contribution in [0.2, 0.25) is 0 Å². The van der Waals surface area contributed by atoms with Crippen molar-refractivity contribution in [2.45, 2.75) is 59.1 Å². The Morgan fingerprint density at radius 3 is 2.46 bits per heavy atom. The van der Waals surface area contributed by atoms with Crippen LogP contribution in [0.15, 0.2) is 79.3 Å². The van der Waals surface area contributed by atoms with E-state index in [1.165, 1.54) is 5.56 Å². The first-order chi connectivity index (χ1) is 17.9. The van der Waals surface area contributed by atoms with Crippen molar-refractivity contribution in [2.75, 3.05) is 0 Å². The summed E-state index contributed by atoms with van der Waals surface area (Å²) in [6.07, 6.45) is 5.66. The summed E-state index contributed by atoms with van der Waals surface area (Å²) in [5, 5.41) is 0. The number of fused-ring (bicyclic) bond motifs is 1. The minimum atomic E-state index is 0.115. The second kappa shape index (κ2) is 10.5. The normalized spacial score (nSPS) is 11.7. The van der Waals surface area contributed by atoms with Gasteiger partial charge < -0.3 is 14.5 Å². The molecule has 5 aromatic rings. The van der Waals surface area contributed by atoms with Gasteiger partial charge in [-0.2, -0.15) is 0 Å². The molecule has 0 aliphatic rings. The van der Waals surface area contributed by atoms with Gasteiger partial charge in [0, 0.05) is 6.07 Å². The molecule has 3 aromatic carbocycles. The Balaban J connectivity index is 1.43. The van der Waals surface area contributed by atoms with E-state index in [0.29, 0.717) is 6.61 Å². The molecule has 6 nitrogen and oxygen atoms in total. The predicted molar refractivity (Wildman–Crippen MR) is 147 cm³/mol. The molecule has 2 heterocycles. The Kier molecular flexibility index (Phi) is 6.99. The van der Waals surface area contributed by atoms with Crippen LogP contribution in [0, 0.1) is 0 Å². The van der Waals surface area contributed by atoms with E-state index in [1.54, 1.807) is 12.5 Å².